The Morgan fingerprint density at radius 3 is 2.78 bits per heavy atom. The number of carbonyl (C=O) groups excluding carboxylic acids is 2. The van der Waals surface area contributed by atoms with Gasteiger partial charge in [-0.3, -0.25) is 4.79 Å². The van der Waals surface area contributed by atoms with E-state index in [9.17, 15) is 9.59 Å². The number of nitrogens with zero attached hydrogens (tertiary/aromatic N) is 1. The summed E-state index contributed by atoms with van der Waals surface area (Å²) in [6, 6.07) is 0.891. The summed E-state index contributed by atoms with van der Waals surface area (Å²) >= 11 is 5.88. The second kappa shape index (κ2) is 6.44. The number of methoxy groups -OCH3 is 1. The van der Waals surface area contributed by atoms with Crippen molar-refractivity contribution in [2.45, 2.75) is 32.9 Å². The van der Waals surface area contributed by atoms with Gasteiger partial charge < -0.3 is 14.6 Å². The molecule has 0 fully saturated rings. The van der Waals surface area contributed by atoms with E-state index >= 15 is 0 Å². The number of hydrogen-bond donors (Lipinski definition) is 1. The Labute approximate surface area is 111 Å². The molecule has 0 saturated carbocycles. The van der Waals surface area contributed by atoms with E-state index in [1.54, 1.807) is 23.8 Å². The summed E-state index contributed by atoms with van der Waals surface area (Å²) < 4.78 is 6.31. The predicted octanol–water partition coefficient (Wildman–Crippen LogP) is 1.84. The molecule has 0 aromatic carbocycles. The molecule has 0 radical (unpaired) electrons. The van der Waals surface area contributed by atoms with E-state index < -0.39 is 12.0 Å². The largest absolute Gasteiger partial charge is 0.467 e. The van der Waals surface area contributed by atoms with Gasteiger partial charge in [0.25, 0.3) is 5.91 Å². The molecule has 100 valence electrons. The maximum absolute atomic E-state index is 12.0. The Balaban J connectivity index is 2.80. The number of carbonyl (C=O) groups is 2. The van der Waals surface area contributed by atoms with Gasteiger partial charge in [0.15, 0.2) is 0 Å². The van der Waals surface area contributed by atoms with Crippen LogP contribution in [0.15, 0.2) is 12.3 Å². The van der Waals surface area contributed by atoms with Crippen molar-refractivity contribution in [3.8, 4) is 0 Å². The normalized spacial score (nSPS) is 12.0. The molecule has 18 heavy (non-hydrogen) atoms. The van der Waals surface area contributed by atoms with E-state index in [1.165, 1.54) is 7.11 Å². The van der Waals surface area contributed by atoms with Gasteiger partial charge in [0.05, 0.1) is 12.1 Å². The molecule has 1 N–H and O–H groups in total. The average molecular weight is 273 g/mol. The van der Waals surface area contributed by atoms with Gasteiger partial charge in [-0.1, -0.05) is 18.5 Å². The number of esters is 1. The van der Waals surface area contributed by atoms with Crippen LogP contribution >= 0.6 is 11.6 Å². The van der Waals surface area contributed by atoms with Crippen LogP contribution in [-0.2, 0) is 16.1 Å². The number of halogens is 1. The second-order valence-electron chi connectivity index (χ2n) is 3.96. The van der Waals surface area contributed by atoms with Crippen molar-refractivity contribution in [1.82, 2.24) is 9.88 Å². The second-order valence-corrected chi connectivity index (χ2v) is 4.39. The zero-order valence-electron chi connectivity index (χ0n) is 10.7. The lowest BCUT2D eigenvalue weighted by Crippen LogP contribution is -2.39. The standard InChI is InChI=1S/C12H17ClN2O3/c1-4-5-15-7-9(13)6-10(15)11(16)14-8(2)12(17)18-3/h6-8H,4-5H2,1-3H3,(H,14,16). The number of amides is 1. The third kappa shape index (κ3) is 3.50. The molecule has 1 aromatic heterocycles. The average Bonchev–Trinajstić information content (AvgIpc) is 2.69. The van der Waals surface area contributed by atoms with E-state index in [1.807, 2.05) is 6.92 Å². The predicted molar refractivity (Wildman–Crippen MR) is 68.7 cm³/mol. The molecule has 1 atom stereocenters. The van der Waals surface area contributed by atoms with Crippen LogP contribution in [0, 0.1) is 0 Å². The molecule has 0 bridgehead atoms. The van der Waals surface area contributed by atoms with Crippen LogP contribution in [0.2, 0.25) is 5.02 Å². The van der Waals surface area contributed by atoms with Crippen LogP contribution in [0.4, 0.5) is 0 Å². The molecule has 0 aliphatic carbocycles. The minimum Gasteiger partial charge on any atom is -0.467 e. The number of ether oxygens (including phenoxy) is 1. The third-order valence-corrected chi connectivity index (χ3v) is 2.67. The van der Waals surface area contributed by atoms with E-state index in [2.05, 4.69) is 10.1 Å². The molecule has 0 saturated heterocycles. The summed E-state index contributed by atoms with van der Waals surface area (Å²) in [7, 11) is 1.28. The number of hydrogen-bond acceptors (Lipinski definition) is 3. The smallest absolute Gasteiger partial charge is 0.328 e. The molecular weight excluding hydrogens is 256 g/mol. The number of aromatic nitrogens is 1. The SMILES string of the molecule is CCCn1cc(Cl)cc1C(=O)NC(C)C(=O)OC. The van der Waals surface area contributed by atoms with E-state index in [0.717, 1.165) is 6.42 Å². The van der Waals surface area contributed by atoms with Gasteiger partial charge in [0.1, 0.15) is 11.7 Å². The van der Waals surface area contributed by atoms with Crippen molar-refractivity contribution in [3.05, 3.63) is 23.0 Å². The van der Waals surface area contributed by atoms with E-state index in [-0.39, 0.29) is 5.91 Å². The Morgan fingerprint density at radius 1 is 1.56 bits per heavy atom. The minimum absolute atomic E-state index is 0.340. The van der Waals surface area contributed by atoms with Crippen LogP contribution < -0.4 is 5.32 Å². The van der Waals surface area contributed by atoms with Crippen LogP contribution in [0.5, 0.6) is 0 Å². The molecule has 6 heteroatoms. The minimum atomic E-state index is -0.689. The molecule has 0 spiro atoms. The summed E-state index contributed by atoms with van der Waals surface area (Å²) in [4.78, 5) is 23.2. The van der Waals surface area contributed by atoms with Crippen molar-refractivity contribution < 1.29 is 14.3 Å². The fourth-order valence-electron chi connectivity index (χ4n) is 1.60. The van der Waals surface area contributed by atoms with Crippen molar-refractivity contribution >= 4 is 23.5 Å². The summed E-state index contributed by atoms with van der Waals surface area (Å²) in [5.74, 6) is -0.823. The number of nitrogens with one attached hydrogen (secondary N) is 1. The molecule has 1 unspecified atom stereocenters. The van der Waals surface area contributed by atoms with Crippen molar-refractivity contribution in [1.29, 1.82) is 0 Å². The lowest BCUT2D eigenvalue weighted by Gasteiger charge is -2.12. The number of rotatable bonds is 5. The van der Waals surface area contributed by atoms with Crippen LogP contribution in [0.3, 0.4) is 0 Å². The first-order valence-corrected chi connectivity index (χ1v) is 6.11. The first-order chi connectivity index (χ1) is 8.49. The van der Waals surface area contributed by atoms with Crippen LogP contribution in [-0.4, -0.2) is 29.6 Å². The monoisotopic (exact) mass is 272 g/mol. The topological polar surface area (TPSA) is 60.3 Å². The van der Waals surface area contributed by atoms with Crippen molar-refractivity contribution in [3.63, 3.8) is 0 Å². The lowest BCUT2D eigenvalue weighted by molar-refractivity contribution is -0.142. The fourth-order valence-corrected chi connectivity index (χ4v) is 1.82. The van der Waals surface area contributed by atoms with Gasteiger partial charge in [0, 0.05) is 12.7 Å². The third-order valence-electron chi connectivity index (χ3n) is 2.46. The Bertz CT molecular complexity index is 443. The maximum Gasteiger partial charge on any atom is 0.328 e. The molecule has 1 heterocycles. The highest BCUT2D eigenvalue weighted by Crippen LogP contribution is 2.15. The highest BCUT2D eigenvalue weighted by Gasteiger charge is 2.19. The fraction of sp³-hybridized carbons (Fsp3) is 0.500. The first kappa shape index (κ1) is 14.6. The molecule has 1 amide bonds. The molecule has 0 aliphatic rings. The number of aryl methyl sites for hydroxylation is 1. The van der Waals surface area contributed by atoms with Gasteiger partial charge in [-0.15, -0.1) is 0 Å². The molecule has 1 rings (SSSR count). The molecule has 5 nitrogen and oxygen atoms in total. The van der Waals surface area contributed by atoms with Crippen molar-refractivity contribution in [2.75, 3.05) is 7.11 Å². The van der Waals surface area contributed by atoms with Gasteiger partial charge in [-0.25, -0.2) is 4.79 Å². The highest BCUT2D eigenvalue weighted by atomic mass is 35.5. The Kier molecular flexibility index (Phi) is 5.22. The van der Waals surface area contributed by atoms with Gasteiger partial charge >= 0.3 is 5.97 Å². The van der Waals surface area contributed by atoms with Crippen molar-refractivity contribution in [2.24, 2.45) is 0 Å². The quantitative estimate of drug-likeness (QED) is 0.832. The highest BCUT2D eigenvalue weighted by molar-refractivity contribution is 6.31. The van der Waals surface area contributed by atoms with Crippen LogP contribution in [0.25, 0.3) is 0 Å². The summed E-state index contributed by atoms with van der Waals surface area (Å²) in [5.41, 5.74) is 0.442. The zero-order chi connectivity index (χ0) is 13.7. The van der Waals surface area contributed by atoms with Crippen LogP contribution in [0.1, 0.15) is 30.8 Å². The van der Waals surface area contributed by atoms with Gasteiger partial charge in [-0.2, -0.15) is 0 Å². The van der Waals surface area contributed by atoms with E-state index in [0.29, 0.717) is 17.3 Å². The Morgan fingerprint density at radius 2 is 2.22 bits per heavy atom. The molecule has 1 aromatic rings. The van der Waals surface area contributed by atoms with Gasteiger partial charge in [0.2, 0.25) is 0 Å². The Hall–Kier alpha value is -1.49. The zero-order valence-corrected chi connectivity index (χ0v) is 11.5. The van der Waals surface area contributed by atoms with Gasteiger partial charge in [-0.05, 0) is 19.4 Å². The summed E-state index contributed by atoms with van der Waals surface area (Å²) in [6.07, 6.45) is 2.58. The maximum atomic E-state index is 12.0. The molecular formula is C12H17ClN2O3. The summed E-state index contributed by atoms with van der Waals surface area (Å²) in [6.45, 7) is 4.27. The lowest BCUT2D eigenvalue weighted by atomic mass is 10.3. The summed E-state index contributed by atoms with van der Waals surface area (Å²) in [5, 5.41) is 3.07. The van der Waals surface area contributed by atoms with E-state index in [4.69, 9.17) is 11.6 Å². The molecule has 0 aliphatic heterocycles. The first-order valence-electron chi connectivity index (χ1n) is 5.74.